The lowest BCUT2D eigenvalue weighted by Gasteiger charge is -2.31. The number of sulfonamides is 1. The van der Waals surface area contributed by atoms with Gasteiger partial charge in [-0.05, 0) is 34.5 Å². The molecule has 2 rings (SSSR count). The number of nitro benzene ring substituents is 1. The molecule has 1 aromatic rings. The van der Waals surface area contributed by atoms with Gasteiger partial charge in [-0.1, -0.05) is 53.9 Å². The van der Waals surface area contributed by atoms with Gasteiger partial charge in [-0.2, -0.15) is 12.8 Å². The van der Waals surface area contributed by atoms with Crippen molar-refractivity contribution in [3.05, 3.63) is 44.4 Å². The van der Waals surface area contributed by atoms with E-state index in [0.717, 1.165) is 6.07 Å². The maximum absolute atomic E-state index is 12.6. The number of alkyl halides is 3. The first-order chi connectivity index (χ1) is 11.4. The highest BCUT2D eigenvalue weighted by atomic mass is 79.9. The number of benzene rings is 1. The molecule has 1 aliphatic rings. The summed E-state index contributed by atoms with van der Waals surface area (Å²) in [6, 6.07) is 4.59. The van der Waals surface area contributed by atoms with Crippen molar-refractivity contribution >= 4 is 90.9 Å². The molecule has 134 valence electrons. The Hall–Kier alpha value is -0.430. The van der Waals surface area contributed by atoms with Crippen LogP contribution in [0.1, 0.15) is 6.92 Å². The number of hydrogen-bond donors (Lipinski definition) is 0. The van der Waals surface area contributed by atoms with Crippen LogP contribution in [0.25, 0.3) is 0 Å². The monoisotopic (exact) mass is 620 g/mol. The van der Waals surface area contributed by atoms with Crippen LogP contribution in [0.5, 0.6) is 0 Å². The summed E-state index contributed by atoms with van der Waals surface area (Å²) in [4.78, 5) is 21.3. The molecule has 0 aromatic heterocycles. The van der Waals surface area contributed by atoms with E-state index in [1.165, 1.54) is 18.2 Å². The minimum absolute atomic E-state index is 0.0896. The molecule has 7 nitrogen and oxygen atoms in total. The molecule has 0 radical (unpaired) electrons. The van der Waals surface area contributed by atoms with Gasteiger partial charge in [0.25, 0.3) is 15.7 Å². The Morgan fingerprint density at radius 2 is 1.92 bits per heavy atom. The minimum Gasteiger partial charge on any atom is -0.291 e. The summed E-state index contributed by atoms with van der Waals surface area (Å²) < 4.78 is 27.9. The number of rotatable bonds is 3. The second-order valence-corrected chi connectivity index (χ2v) is 11.8. The average molecular weight is 624 g/mol. The second-order valence-electron chi connectivity index (χ2n) is 4.96. The SMILES string of the molecule is CC1=C(Br)C(=O)C(Br)(Br)C(Br)C1=NS(=O)(=O)c1cccc([N+](=O)[O-])c1. The number of nitrogens with zero attached hydrogens (tertiary/aromatic N) is 2. The average Bonchev–Trinajstić information content (AvgIpc) is 2.56. The van der Waals surface area contributed by atoms with Gasteiger partial charge < -0.3 is 0 Å². The van der Waals surface area contributed by atoms with Crippen molar-refractivity contribution in [2.24, 2.45) is 4.40 Å². The van der Waals surface area contributed by atoms with Crippen molar-refractivity contribution in [3.8, 4) is 0 Å². The summed E-state index contributed by atoms with van der Waals surface area (Å²) in [6.07, 6.45) is 0. The number of nitro groups is 1. The van der Waals surface area contributed by atoms with Crippen molar-refractivity contribution in [2.75, 3.05) is 0 Å². The van der Waals surface area contributed by atoms with E-state index < -0.39 is 23.0 Å². The van der Waals surface area contributed by atoms with Crippen LogP contribution >= 0.6 is 63.7 Å². The molecule has 1 aromatic carbocycles. The molecule has 1 atom stereocenters. The number of non-ortho nitro benzene ring substituents is 1. The summed E-state index contributed by atoms with van der Waals surface area (Å²) in [6.45, 7) is 1.55. The van der Waals surface area contributed by atoms with Crippen LogP contribution in [0.2, 0.25) is 0 Å². The first-order valence-corrected chi connectivity index (χ1v) is 11.2. The van der Waals surface area contributed by atoms with E-state index in [-0.39, 0.29) is 26.6 Å². The van der Waals surface area contributed by atoms with Gasteiger partial charge in [0.1, 0.15) is 0 Å². The van der Waals surface area contributed by atoms with Crippen LogP contribution in [0.3, 0.4) is 0 Å². The summed E-state index contributed by atoms with van der Waals surface area (Å²) in [5.41, 5.74) is 0.0707. The van der Waals surface area contributed by atoms with Crippen LogP contribution in [0.15, 0.2) is 43.6 Å². The van der Waals surface area contributed by atoms with Crippen molar-refractivity contribution < 1.29 is 18.1 Å². The maximum Gasteiger partial charge on any atom is 0.282 e. The first kappa shape index (κ1) is 20.9. The predicted molar refractivity (Wildman–Crippen MR) is 108 cm³/mol. The van der Waals surface area contributed by atoms with Crippen molar-refractivity contribution in [2.45, 2.75) is 19.9 Å². The summed E-state index contributed by atoms with van der Waals surface area (Å²) in [5.74, 6) is -0.335. The van der Waals surface area contributed by atoms with Gasteiger partial charge in [0.15, 0.2) is 9.02 Å². The Morgan fingerprint density at radius 1 is 1.32 bits per heavy atom. The molecule has 0 N–H and O–H groups in total. The summed E-state index contributed by atoms with van der Waals surface area (Å²) >= 11 is 12.9. The van der Waals surface area contributed by atoms with Crippen molar-refractivity contribution in [1.29, 1.82) is 0 Å². The smallest absolute Gasteiger partial charge is 0.282 e. The highest BCUT2D eigenvalue weighted by Crippen LogP contribution is 2.45. The number of allylic oxidation sites excluding steroid dienone is 2. The lowest BCUT2D eigenvalue weighted by Crippen LogP contribution is -2.45. The Labute approximate surface area is 176 Å². The highest BCUT2D eigenvalue weighted by Gasteiger charge is 2.48. The third-order valence-electron chi connectivity index (χ3n) is 3.32. The Bertz CT molecular complexity index is 939. The Balaban J connectivity index is 2.63. The molecule has 0 aliphatic heterocycles. The number of halogens is 4. The Kier molecular flexibility index (Phi) is 6.09. The molecule has 1 unspecified atom stereocenters. The lowest BCUT2D eigenvalue weighted by atomic mass is 9.97. The van der Waals surface area contributed by atoms with E-state index in [1.54, 1.807) is 6.92 Å². The van der Waals surface area contributed by atoms with E-state index in [1.807, 2.05) is 0 Å². The van der Waals surface area contributed by atoms with Crippen molar-refractivity contribution in [1.82, 2.24) is 0 Å². The number of ketones is 1. The normalized spacial score (nSPS) is 22.4. The fourth-order valence-electron chi connectivity index (χ4n) is 1.96. The molecule has 1 aliphatic carbocycles. The molecular weight excluding hydrogens is 616 g/mol. The molecule has 0 saturated heterocycles. The van der Waals surface area contributed by atoms with Gasteiger partial charge >= 0.3 is 0 Å². The predicted octanol–water partition coefficient (Wildman–Crippen LogP) is 4.23. The van der Waals surface area contributed by atoms with Crippen LogP contribution in [0, 0.1) is 10.1 Å². The van der Waals surface area contributed by atoms with Gasteiger partial charge in [-0.25, -0.2) is 0 Å². The topological polar surface area (TPSA) is 107 Å². The summed E-state index contributed by atoms with van der Waals surface area (Å²) in [5, 5.41) is 10.8. The Morgan fingerprint density at radius 3 is 2.48 bits per heavy atom. The van der Waals surface area contributed by atoms with E-state index in [2.05, 4.69) is 68.1 Å². The fraction of sp³-hybridized carbons (Fsp3) is 0.231. The zero-order chi connectivity index (χ0) is 19.2. The number of Topliss-reactive ketones (excluding diaryl/α,β-unsaturated/α-hetero) is 1. The zero-order valence-corrected chi connectivity index (χ0v) is 19.4. The largest absolute Gasteiger partial charge is 0.291 e. The van der Waals surface area contributed by atoms with Crippen LogP contribution in [0.4, 0.5) is 5.69 Å². The van der Waals surface area contributed by atoms with Crippen LogP contribution < -0.4 is 0 Å². The first-order valence-electron chi connectivity index (χ1n) is 6.42. The molecule has 12 heteroatoms. The van der Waals surface area contributed by atoms with E-state index in [9.17, 15) is 23.3 Å². The summed E-state index contributed by atoms with van der Waals surface area (Å²) in [7, 11) is -4.23. The van der Waals surface area contributed by atoms with Gasteiger partial charge in [-0.15, -0.1) is 0 Å². The van der Waals surface area contributed by atoms with Gasteiger partial charge in [0.05, 0.1) is 24.8 Å². The van der Waals surface area contributed by atoms with E-state index >= 15 is 0 Å². The molecule has 0 fully saturated rings. The quantitative estimate of drug-likeness (QED) is 0.285. The maximum atomic E-state index is 12.6. The second kappa shape index (κ2) is 7.29. The van der Waals surface area contributed by atoms with Crippen LogP contribution in [-0.4, -0.2) is 32.9 Å². The molecule has 0 spiro atoms. The molecule has 25 heavy (non-hydrogen) atoms. The van der Waals surface area contributed by atoms with E-state index in [0.29, 0.717) is 5.57 Å². The molecular formula is C13H8Br4N2O5S. The van der Waals surface area contributed by atoms with Crippen molar-refractivity contribution in [3.63, 3.8) is 0 Å². The lowest BCUT2D eigenvalue weighted by molar-refractivity contribution is -0.385. The molecule has 0 amide bonds. The zero-order valence-electron chi connectivity index (χ0n) is 12.2. The van der Waals surface area contributed by atoms with Gasteiger partial charge in [0, 0.05) is 12.1 Å². The van der Waals surface area contributed by atoms with E-state index in [4.69, 9.17) is 0 Å². The standard InChI is InChI=1S/C13H8Br4N2O5S/c1-6-9(14)12(20)13(16,17)11(15)10(6)18-25(23,24)8-4-2-3-7(5-8)19(21)22/h2-5,11H,1H3. The molecule has 0 bridgehead atoms. The third-order valence-corrected chi connectivity index (χ3v) is 9.55. The van der Waals surface area contributed by atoms with Gasteiger partial charge in [0.2, 0.25) is 0 Å². The highest BCUT2D eigenvalue weighted by molar-refractivity contribution is 9.26. The number of hydrogen-bond acceptors (Lipinski definition) is 5. The van der Waals surface area contributed by atoms with Crippen LogP contribution in [-0.2, 0) is 14.8 Å². The minimum atomic E-state index is -4.23. The molecule has 0 heterocycles. The van der Waals surface area contributed by atoms with Gasteiger partial charge in [-0.3, -0.25) is 14.9 Å². The fourth-order valence-corrected chi connectivity index (χ4v) is 5.75. The number of carbonyl (C=O) groups is 1. The number of carbonyl (C=O) groups excluding carboxylic acids is 1. The third kappa shape index (κ3) is 3.97. The molecule has 0 saturated carbocycles.